The number of imidazole rings is 1. The Hall–Kier alpha value is -3.72. The Morgan fingerprint density at radius 3 is 2.32 bits per heavy atom. The minimum absolute atomic E-state index is 0.0696. The molecule has 5 aromatic rings. The second kappa shape index (κ2) is 16.7. The van der Waals surface area contributed by atoms with Crippen LogP contribution < -0.4 is 5.32 Å². The van der Waals surface area contributed by atoms with Gasteiger partial charge in [0.1, 0.15) is 25.4 Å². The van der Waals surface area contributed by atoms with E-state index in [1.54, 1.807) is 29.5 Å². The number of aryl methyl sites for hydroxylation is 1. The van der Waals surface area contributed by atoms with Crippen molar-refractivity contribution in [2.75, 3.05) is 32.8 Å². The van der Waals surface area contributed by atoms with Crippen molar-refractivity contribution < 1.29 is 14.3 Å². The Kier molecular flexibility index (Phi) is 11.9. The fourth-order valence-corrected chi connectivity index (χ4v) is 7.81. The van der Waals surface area contributed by atoms with Crippen molar-refractivity contribution in [2.24, 2.45) is 7.05 Å². The van der Waals surface area contributed by atoms with Gasteiger partial charge in [-0.1, -0.05) is 76.7 Å². The van der Waals surface area contributed by atoms with Crippen LogP contribution in [0, 0.1) is 0 Å². The number of nitrogens with zero attached hydrogens (tertiary/aromatic N) is 8. The molecule has 2 aliphatic heterocycles. The van der Waals surface area contributed by atoms with Gasteiger partial charge in [0.2, 0.25) is 5.79 Å². The minimum atomic E-state index is -1.24. The predicted octanol–water partition coefficient (Wildman–Crippen LogP) is 6.45. The number of halogens is 4. The van der Waals surface area contributed by atoms with E-state index in [9.17, 15) is 4.79 Å². The van der Waals surface area contributed by atoms with Crippen molar-refractivity contribution in [3.8, 4) is 0 Å². The highest BCUT2D eigenvalue weighted by molar-refractivity contribution is 6.35. The molecule has 12 nitrogen and oxygen atoms in total. The summed E-state index contributed by atoms with van der Waals surface area (Å²) in [7, 11) is 1.99. The third-order valence-electron chi connectivity index (χ3n) is 9.51. The van der Waals surface area contributed by atoms with E-state index in [1.165, 1.54) is 6.33 Å². The zero-order chi connectivity index (χ0) is 37.0. The molecule has 278 valence electrons. The largest absolute Gasteiger partial charge is 0.340 e. The van der Waals surface area contributed by atoms with Gasteiger partial charge in [-0.2, -0.15) is 5.10 Å². The Labute approximate surface area is 328 Å². The number of aromatic nitrogens is 5. The summed E-state index contributed by atoms with van der Waals surface area (Å²) < 4.78 is 16.7. The van der Waals surface area contributed by atoms with Crippen LogP contribution in [-0.2, 0) is 48.5 Å². The van der Waals surface area contributed by atoms with Gasteiger partial charge in [0.25, 0.3) is 0 Å². The lowest BCUT2D eigenvalue weighted by atomic mass is 10.1. The average molecular weight is 800 g/mol. The molecule has 2 aromatic heterocycles. The summed E-state index contributed by atoms with van der Waals surface area (Å²) >= 11 is 25.6. The zero-order valence-electron chi connectivity index (χ0n) is 29.0. The molecule has 2 amide bonds. The number of carbonyl (C=O) groups excluding carboxylic acids is 1. The normalized spacial score (nSPS) is 20.6. The van der Waals surface area contributed by atoms with Crippen LogP contribution in [0.25, 0.3) is 0 Å². The van der Waals surface area contributed by atoms with E-state index < -0.39 is 12.0 Å². The van der Waals surface area contributed by atoms with E-state index >= 15 is 0 Å². The van der Waals surface area contributed by atoms with Crippen molar-refractivity contribution in [1.29, 1.82) is 0 Å². The lowest BCUT2D eigenvalue weighted by molar-refractivity contribution is -0.191. The van der Waals surface area contributed by atoms with E-state index in [0.717, 1.165) is 16.8 Å². The number of nitrogens with one attached hydrogen (secondary N) is 1. The first-order valence-electron chi connectivity index (χ1n) is 17.2. The minimum Gasteiger partial charge on any atom is -0.340 e. The number of hydrogen-bond acceptors (Lipinski definition) is 8. The van der Waals surface area contributed by atoms with Crippen LogP contribution in [0.1, 0.15) is 22.4 Å². The lowest BCUT2D eigenvalue weighted by Gasteiger charge is -2.43. The molecule has 3 aromatic carbocycles. The fourth-order valence-electron chi connectivity index (χ4n) is 6.83. The Balaban J connectivity index is 1.10. The highest BCUT2D eigenvalue weighted by Crippen LogP contribution is 2.40. The molecule has 7 rings (SSSR count). The van der Waals surface area contributed by atoms with Gasteiger partial charge < -0.3 is 23.8 Å². The third-order valence-corrected chi connectivity index (χ3v) is 10.5. The molecule has 0 bridgehead atoms. The van der Waals surface area contributed by atoms with E-state index in [1.807, 2.05) is 82.2 Å². The number of carbonyl (C=O) groups is 1. The summed E-state index contributed by atoms with van der Waals surface area (Å²) in [5, 5.41) is 10.0. The average Bonchev–Trinajstić information content (AvgIpc) is 3.90. The first-order valence-corrected chi connectivity index (χ1v) is 18.7. The van der Waals surface area contributed by atoms with Gasteiger partial charge in [-0.05, 0) is 47.5 Å². The van der Waals surface area contributed by atoms with Crippen LogP contribution in [0.5, 0.6) is 0 Å². The van der Waals surface area contributed by atoms with Crippen molar-refractivity contribution in [3.63, 3.8) is 0 Å². The quantitative estimate of drug-likeness (QED) is 0.154. The number of ether oxygens (including phenoxy) is 2. The Morgan fingerprint density at radius 1 is 0.943 bits per heavy atom. The molecule has 0 radical (unpaired) electrons. The van der Waals surface area contributed by atoms with Gasteiger partial charge in [-0.15, -0.1) is 0 Å². The highest BCUT2D eigenvalue weighted by Gasteiger charge is 2.46. The summed E-state index contributed by atoms with van der Waals surface area (Å²) in [6.45, 7) is 4.10. The molecule has 0 spiro atoms. The van der Waals surface area contributed by atoms with Crippen LogP contribution in [0.3, 0.4) is 0 Å². The number of hydrogen-bond donors (Lipinski definition) is 1. The molecule has 2 saturated heterocycles. The highest BCUT2D eigenvalue weighted by atomic mass is 35.5. The van der Waals surface area contributed by atoms with Crippen molar-refractivity contribution in [2.45, 2.75) is 44.2 Å². The summed E-state index contributed by atoms with van der Waals surface area (Å²) in [5.74, 6) is -1.24. The standard InChI is InChI=1S/C37H39Cl4N9O3/c1-46-24-42-15-31(46)19-47-10-11-48(36(51)49(17-26-4-2-6-28(38)12-26)18-27-5-3-7-29(39)13-27)20-32(47)16-44-35-21-52-37(53-35,22-50-25-43-23-45-50)33-9-8-30(40)14-34(33)41/h2-9,12-15,23-25,32,35,44H,10-11,16-22H2,1H3/t32-,35?,37+/m0/s1. The molecule has 4 heterocycles. The van der Waals surface area contributed by atoms with Gasteiger partial charge in [-0.3, -0.25) is 10.2 Å². The zero-order valence-corrected chi connectivity index (χ0v) is 32.0. The first kappa shape index (κ1) is 37.6. The van der Waals surface area contributed by atoms with Gasteiger partial charge in [-0.25, -0.2) is 19.4 Å². The predicted molar refractivity (Wildman–Crippen MR) is 204 cm³/mol. The Morgan fingerprint density at radius 2 is 1.68 bits per heavy atom. The van der Waals surface area contributed by atoms with Crippen LogP contribution in [0.2, 0.25) is 20.1 Å². The van der Waals surface area contributed by atoms with E-state index in [0.29, 0.717) is 71.5 Å². The number of benzene rings is 3. The van der Waals surface area contributed by atoms with Crippen LogP contribution in [0.4, 0.5) is 4.79 Å². The molecule has 2 aliphatic rings. The van der Waals surface area contributed by atoms with Crippen LogP contribution in [0.15, 0.2) is 91.9 Å². The van der Waals surface area contributed by atoms with Crippen molar-refractivity contribution >= 4 is 52.4 Å². The van der Waals surface area contributed by atoms with E-state index in [2.05, 4.69) is 25.3 Å². The van der Waals surface area contributed by atoms with Gasteiger partial charge in [0.05, 0.1) is 23.7 Å². The lowest BCUT2D eigenvalue weighted by Crippen LogP contribution is -2.60. The molecule has 1 unspecified atom stereocenters. The molecule has 1 N–H and O–H groups in total. The number of piperazine rings is 1. The topological polar surface area (TPSA) is 106 Å². The molecular formula is C37H39Cl4N9O3. The molecule has 0 aliphatic carbocycles. The van der Waals surface area contributed by atoms with E-state index in [4.69, 9.17) is 55.9 Å². The number of amides is 2. The summed E-state index contributed by atoms with van der Waals surface area (Å²) in [6, 6.07) is 20.3. The van der Waals surface area contributed by atoms with E-state index in [-0.39, 0.29) is 25.2 Å². The monoisotopic (exact) mass is 797 g/mol. The Bertz CT molecular complexity index is 1970. The number of urea groups is 1. The molecule has 3 atom stereocenters. The number of rotatable bonds is 12. The molecular weight excluding hydrogens is 760 g/mol. The maximum absolute atomic E-state index is 14.5. The first-order chi connectivity index (χ1) is 25.6. The maximum Gasteiger partial charge on any atom is 0.320 e. The summed E-state index contributed by atoms with van der Waals surface area (Å²) in [4.78, 5) is 29.0. The maximum atomic E-state index is 14.5. The molecule has 53 heavy (non-hydrogen) atoms. The SMILES string of the molecule is Cn1cncc1CN1CCN(C(=O)N(Cc2cccc(Cl)c2)Cc2cccc(Cl)c2)C[C@@H]1CNC1CO[C@@](Cn2cncn2)(c2ccc(Cl)cc2Cl)O1. The third kappa shape index (κ3) is 9.15. The molecule has 0 saturated carbocycles. The summed E-state index contributed by atoms with van der Waals surface area (Å²) in [5.41, 5.74) is 3.59. The van der Waals surface area contributed by atoms with Gasteiger partial charge in [0, 0.05) is 85.7 Å². The van der Waals surface area contributed by atoms with Gasteiger partial charge >= 0.3 is 6.03 Å². The summed E-state index contributed by atoms with van der Waals surface area (Å²) in [6.07, 6.45) is 6.25. The van der Waals surface area contributed by atoms with Crippen LogP contribution >= 0.6 is 46.4 Å². The second-order valence-corrected chi connectivity index (χ2v) is 15.0. The fraction of sp³-hybridized carbons (Fsp3) is 0.351. The second-order valence-electron chi connectivity index (χ2n) is 13.3. The smallest absolute Gasteiger partial charge is 0.320 e. The molecule has 16 heteroatoms. The molecule has 2 fully saturated rings. The van der Waals surface area contributed by atoms with Crippen molar-refractivity contribution in [3.05, 3.63) is 134 Å². The van der Waals surface area contributed by atoms with Gasteiger partial charge in [0.15, 0.2) is 0 Å². The van der Waals surface area contributed by atoms with Crippen molar-refractivity contribution in [1.82, 2.24) is 44.3 Å². The van der Waals surface area contributed by atoms with Crippen LogP contribution in [-0.4, -0.2) is 90.1 Å².